The van der Waals surface area contributed by atoms with Gasteiger partial charge >= 0.3 is 0 Å². The number of aryl methyl sites for hydroxylation is 2. The quantitative estimate of drug-likeness (QED) is 0.744. The number of rotatable bonds is 4. The first-order valence-corrected chi connectivity index (χ1v) is 6.65. The summed E-state index contributed by atoms with van der Waals surface area (Å²) in [6.45, 7) is 2.72. The smallest absolute Gasteiger partial charge is 0.179 e. The second-order valence-electron chi connectivity index (χ2n) is 4.53. The van der Waals surface area contributed by atoms with Crippen LogP contribution < -0.4 is 0 Å². The van der Waals surface area contributed by atoms with E-state index < -0.39 is 0 Å². The highest BCUT2D eigenvalue weighted by molar-refractivity contribution is 7.71. The highest BCUT2D eigenvalue weighted by Gasteiger charge is 2.15. The number of hydrogen-bond acceptors (Lipinski definition) is 4. The average Bonchev–Trinajstić information content (AvgIpc) is 3.04. The lowest BCUT2D eigenvalue weighted by atomic mass is 10.2. The SMILES string of the molecule is CCCc1nn(C)c2c1[nH]c(=S)n2Cc1ccon1. The third-order valence-corrected chi connectivity index (χ3v) is 3.44. The van der Waals surface area contributed by atoms with Gasteiger partial charge in [-0.25, -0.2) is 0 Å². The zero-order valence-corrected chi connectivity index (χ0v) is 11.7. The van der Waals surface area contributed by atoms with Gasteiger partial charge in [0.15, 0.2) is 10.4 Å². The van der Waals surface area contributed by atoms with E-state index in [-0.39, 0.29) is 0 Å². The second-order valence-corrected chi connectivity index (χ2v) is 4.91. The number of nitrogens with one attached hydrogen (secondary N) is 1. The minimum Gasteiger partial charge on any atom is -0.364 e. The molecule has 0 atom stereocenters. The molecule has 0 radical (unpaired) electrons. The minimum atomic E-state index is 0.584. The summed E-state index contributed by atoms with van der Waals surface area (Å²) >= 11 is 5.39. The summed E-state index contributed by atoms with van der Waals surface area (Å²) in [5.41, 5.74) is 3.93. The van der Waals surface area contributed by atoms with Crippen molar-refractivity contribution in [1.29, 1.82) is 0 Å². The first-order valence-electron chi connectivity index (χ1n) is 6.24. The third-order valence-electron chi connectivity index (χ3n) is 3.12. The van der Waals surface area contributed by atoms with Gasteiger partial charge in [-0.15, -0.1) is 0 Å². The first kappa shape index (κ1) is 12.2. The van der Waals surface area contributed by atoms with Crippen molar-refractivity contribution in [3.05, 3.63) is 28.5 Å². The molecule has 0 aromatic carbocycles. The summed E-state index contributed by atoms with van der Waals surface area (Å²) in [6, 6.07) is 1.84. The molecule has 7 heteroatoms. The molecule has 0 bridgehead atoms. The monoisotopic (exact) mass is 277 g/mol. The molecule has 0 aliphatic heterocycles. The molecule has 3 heterocycles. The summed E-state index contributed by atoms with van der Waals surface area (Å²) in [5, 5.41) is 8.47. The van der Waals surface area contributed by atoms with E-state index in [9.17, 15) is 0 Å². The predicted octanol–water partition coefficient (Wildman–Crippen LogP) is 2.42. The van der Waals surface area contributed by atoms with E-state index in [1.165, 1.54) is 0 Å². The van der Waals surface area contributed by atoms with E-state index in [0.29, 0.717) is 11.3 Å². The Bertz CT molecular complexity index is 749. The molecule has 0 aliphatic carbocycles. The van der Waals surface area contributed by atoms with E-state index in [1.54, 1.807) is 6.26 Å². The molecule has 100 valence electrons. The lowest BCUT2D eigenvalue weighted by Gasteiger charge is -2.01. The maximum Gasteiger partial charge on any atom is 0.179 e. The van der Waals surface area contributed by atoms with Crippen molar-refractivity contribution in [1.82, 2.24) is 24.5 Å². The molecule has 6 nitrogen and oxygen atoms in total. The van der Waals surface area contributed by atoms with Gasteiger partial charge < -0.3 is 9.51 Å². The zero-order valence-electron chi connectivity index (χ0n) is 10.9. The Morgan fingerprint density at radius 2 is 2.32 bits per heavy atom. The van der Waals surface area contributed by atoms with Crippen LogP contribution in [-0.2, 0) is 20.0 Å². The van der Waals surface area contributed by atoms with Gasteiger partial charge in [-0.2, -0.15) is 5.10 Å². The van der Waals surface area contributed by atoms with Gasteiger partial charge in [-0.1, -0.05) is 18.5 Å². The molecule has 0 saturated carbocycles. The molecule has 0 fully saturated rings. The van der Waals surface area contributed by atoms with Gasteiger partial charge in [0, 0.05) is 13.1 Å². The van der Waals surface area contributed by atoms with Crippen molar-refractivity contribution in [2.75, 3.05) is 0 Å². The van der Waals surface area contributed by atoms with Crippen molar-refractivity contribution in [3.63, 3.8) is 0 Å². The first-order chi connectivity index (χ1) is 9.20. The Kier molecular flexibility index (Phi) is 2.98. The van der Waals surface area contributed by atoms with Crippen LogP contribution in [0, 0.1) is 4.77 Å². The number of nitrogens with zero attached hydrogens (tertiary/aromatic N) is 4. The maximum atomic E-state index is 5.39. The number of imidazole rings is 1. The number of hydrogen-bond donors (Lipinski definition) is 1. The molecule has 0 spiro atoms. The average molecular weight is 277 g/mol. The lowest BCUT2D eigenvalue weighted by molar-refractivity contribution is 0.409. The van der Waals surface area contributed by atoms with E-state index in [0.717, 1.165) is 35.4 Å². The van der Waals surface area contributed by atoms with E-state index in [4.69, 9.17) is 16.7 Å². The molecular weight excluding hydrogens is 262 g/mol. The summed E-state index contributed by atoms with van der Waals surface area (Å²) in [5.74, 6) is 0. The molecule has 19 heavy (non-hydrogen) atoms. The minimum absolute atomic E-state index is 0.584. The summed E-state index contributed by atoms with van der Waals surface area (Å²) in [6.07, 6.45) is 3.56. The number of aromatic nitrogens is 5. The van der Waals surface area contributed by atoms with Crippen molar-refractivity contribution < 1.29 is 4.52 Å². The normalized spacial score (nSPS) is 11.5. The topological polar surface area (TPSA) is 64.6 Å². The van der Waals surface area contributed by atoms with Crippen LogP contribution in [0.3, 0.4) is 0 Å². The Balaban J connectivity index is 2.14. The Labute approximate surface area is 115 Å². The Morgan fingerprint density at radius 1 is 1.47 bits per heavy atom. The van der Waals surface area contributed by atoms with E-state index in [2.05, 4.69) is 22.2 Å². The second kappa shape index (κ2) is 4.65. The van der Waals surface area contributed by atoms with E-state index >= 15 is 0 Å². The molecule has 3 aromatic heterocycles. The fourth-order valence-corrected chi connectivity index (χ4v) is 2.57. The molecule has 0 amide bonds. The highest BCUT2D eigenvalue weighted by atomic mass is 32.1. The molecule has 1 N–H and O–H groups in total. The molecular formula is C12H15N5OS. The largest absolute Gasteiger partial charge is 0.364 e. The Hall–Kier alpha value is -1.89. The molecule has 3 aromatic rings. The highest BCUT2D eigenvalue weighted by Crippen LogP contribution is 2.19. The van der Waals surface area contributed by atoms with Crippen LogP contribution in [0.1, 0.15) is 24.7 Å². The van der Waals surface area contributed by atoms with Crippen LogP contribution in [0.4, 0.5) is 0 Å². The molecule has 0 unspecified atom stereocenters. The third kappa shape index (κ3) is 1.99. The zero-order chi connectivity index (χ0) is 13.4. The number of H-pyrrole nitrogens is 1. The van der Waals surface area contributed by atoms with Gasteiger partial charge in [0.05, 0.1) is 12.2 Å². The van der Waals surface area contributed by atoms with Crippen LogP contribution in [-0.4, -0.2) is 24.5 Å². The van der Waals surface area contributed by atoms with Crippen LogP contribution in [0.25, 0.3) is 11.2 Å². The molecule has 0 aliphatic rings. The summed E-state index contributed by atoms with van der Waals surface area (Å²) in [7, 11) is 1.93. The van der Waals surface area contributed by atoms with Crippen LogP contribution in [0.5, 0.6) is 0 Å². The standard InChI is InChI=1S/C12H15N5OS/c1-3-4-9-10-11(16(2)14-9)17(12(19)13-10)7-8-5-6-18-15-8/h5-6H,3-4,7H2,1-2H3,(H,13,19). The molecule has 0 saturated heterocycles. The van der Waals surface area contributed by atoms with Crippen molar-refractivity contribution in [2.45, 2.75) is 26.3 Å². The van der Waals surface area contributed by atoms with Crippen LogP contribution >= 0.6 is 12.2 Å². The summed E-state index contributed by atoms with van der Waals surface area (Å²) < 4.78 is 9.41. The van der Waals surface area contributed by atoms with E-state index in [1.807, 2.05) is 22.4 Å². The fraction of sp³-hybridized carbons (Fsp3) is 0.417. The lowest BCUT2D eigenvalue weighted by Crippen LogP contribution is -2.04. The molecule has 3 rings (SSSR count). The van der Waals surface area contributed by atoms with Gasteiger partial charge in [-0.05, 0) is 18.6 Å². The van der Waals surface area contributed by atoms with Gasteiger partial charge in [0.25, 0.3) is 0 Å². The van der Waals surface area contributed by atoms with Crippen molar-refractivity contribution >= 4 is 23.4 Å². The number of fused-ring (bicyclic) bond motifs is 1. The van der Waals surface area contributed by atoms with Crippen molar-refractivity contribution in [2.24, 2.45) is 7.05 Å². The summed E-state index contributed by atoms with van der Waals surface area (Å²) in [4.78, 5) is 3.25. The van der Waals surface area contributed by atoms with Gasteiger partial charge in [-0.3, -0.25) is 9.25 Å². The van der Waals surface area contributed by atoms with Crippen LogP contribution in [0.2, 0.25) is 0 Å². The van der Waals surface area contributed by atoms with Crippen molar-refractivity contribution in [3.8, 4) is 0 Å². The van der Waals surface area contributed by atoms with Gasteiger partial charge in [0.2, 0.25) is 0 Å². The fourth-order valence-electron chi connectivity index (χ4n) is 2.32. The Morgan fingerprint density at radius 3 is 3.00 bits per heavy atom. The number of aromatic amines is 1. The maximum absolute atomic E-state index is 5.39. The van der Waals surface area contributed by atoms with Crippen LogP contribution in [0.15, 0.2) is 16.9 Å². The van der Waals surface area contributed by atoms with Gasteiger partial charge in [0.1, 0.15) is 17.5 Å². The predicted molar refractivity (Wildman–Crippen MR) is 73.5 cm³/mol.